The first-order valence-electron chi connectivity index (χ1n) is 6.73. The molecule has 3 heteroatoms. The average molecular weight is 245 g/mol. The minimum atomic E-state index is -0.789. The molecule has 2 N–H and O–H groups in total. The monoisotopic (exact) mass is 245 g/mol. The van der Waals surface area contributed by atoms with Crippen LogP contribution < -0.4 is 5.32 Å². The third-order valence-corrected chi connectivity index (χ3v) is 4.23. The Labute approximate surface area is 107 Å². The van der Waals surface area contributed by atoms with Crippen LogP contribution in [0.1, 0.15) is 30.4 Å². The first-order chi connectivity index (χ1) is 8.66. The van der Waals surface area contributed by atoms with Gasteiger partial charge in [-0.05, 0) is 24.0 Å². The largest absolute Gasteiger partial charge is 0.387 e. The summed E-state index contributed by atoms with van der Waals surface area (Å²) in [6, 6.07) is 8.11. The maximum Gasteiger partial charge on any atom is 0.223 e. The van der Waals surface area contributed by atoms with Gasteiger partial charge in [-0.1, -0.05) is 30.7 Å². The number of rotatable bonds is 3. The highest BCUT2D eigenvalue weighted by Gasteiger charge is 2.36. The number of hydrogen-bond donors (Lipinski definition) is 2. The van der Waals surface area contributed by atoms with Gasteiger partial charge in [0.1, 0.15) is 0 Å². The van der Waals surface area contributed by atoms with Gasteiger partial charge < -0.3 is 10.4 Å². The smallest absolute Gasteiger partial charge is 0.223 e. The number of carbonyl (C=O) groups excluding carboxylic acids is 1. The maximum atomic E-state index is 11.8. The molecule has 0 saturated heterocycles. The Morgan fingerprint density at radius 2 is 1.89 bits per heavy atom. The quantitative estimate of drug-likeness (QED) is 0.846. The fourth-order valence-corrected chi connectivity index (χ4v) is 2.87. The van der Waals surface area contributed by atoms with E-state index in [-0.39, 0.29) is 11.8 Å². The number of nitrogens with one attached hydrogen (secondary N) is 1. The van der Waals surface area contributed by atoms with E-state index in [1.807, 2.05) is 12.1 Å². The molecule has 0 aromatic heterocycles. The molecule has 2 aliphatic carbocycles. The van der Waals surface area contributed by atoms with Crippen LogP contribution in [0.2, 0.25) is 0 Å². The molecule has 0 spiro atoms. The minimum absolute atomic E-state index is 0.116. The van der Waals surface area contributed by atoms with Crippen molar-refractivity contribution in [1.29, 1.82) is 0 Å². The van der Waals surface area contributed by atoms with E-state index in [0.717, 1.165) is 19.3 Å². The molecule has 1 fully saturated rings. The van der Waals surface area contributed by atoms with Crippen molar-refractivity contribution in [3.05, 3.63) is 35.4 Å². The second-order valence-corrected chi connectivity index (χ2v) is 5.69. The van der Waals surface area contributed by atoms with Gasteiger partial charge in [0.15, 0.2) is 0 Å². The van der Waals surface area contributed by atoms with Crippen molar-refractivity contribution in [2.75, 3.05) is 6.54 Å². The zero-order chi connectivity index (χ0) is 12.6. The number of benzene rings is 1. The van der Waals surface area contributed by atoms with Gasteiger partial charge in [-0.3, -0.25) is 4.79 Å². The molecule has 2 aliphatic rings. The fraction of sp³-hybridized carbons (Fsp3) is 0.533. The lowest BCUT2D eigenvalue weighted by Gasteiger charge is -2.27. The molecule has 0 heterocycles. The highest BCUT2D eigenvalue weighted by Crippen LogP contribution is 2.30. The minimum Gasteiger partial charge on any atom is -0.387 e. The van der Waals surface area contributed by atoms with E-state index in [4.69, 9.17) is 0 Å². The van der Waals surface area contributed by atoms with Gasteiger partial charge in [0, 0.05) is 25.3 Å². The van der Waals surface area contributed by atoms with Crippen LogP contribution in [0.3, 0.4) is 0 Å². The lowest BCUT2D eigenvalue weighted by Crippen LogP contribution is -2.46. The van der Waals surface area contributed by atoms with E-state index in [1.54, 1.807) is 0 Å². The summed E-state index contributed by atoms with van der Waals surface area (Å²) in [4.78, 5) is 11.8. The molecular weight excluding hydrogens is 226 g/mol. The van der Waals surface area contributed by atoms with Crippen molar-refractivity contribution in [3.63, 3.8) is 0 Å². The van der Waals surface area contributed by atoms with Crippen molar-refractivity contribution < 1.29 is 9.90 Å². The summed E-state index contributed by atoms with van der Waals surface area (Å²) in [6.45, 7) is 0.372. The lowest BCUT2D eigenvalue weighted by atomic mass is 9.84. The predicted molar refractivity (Wildman–Crippen MR) is 69.2 cm³/mol. The molecule has 0 atom stereocenters. The molecule has 0 bridgehead atoms. The third kappa shape index (κ3) is 2.15. The number of hydrogen-bond acceptors (Lipinski definition) is 2. The van der Waals surface area contributed by atoms with Gasteiger partial charge in [0.2, 0.25) is 5.91 Å². The molecule has 1 aromatic carbocycles. The highest BCUT2D eigenvalue weighted by molar-refractivity contribution is 5.79. The number of fused-ring (bicyclic) bond motifs is 1. The number of carbonyl (C=O) groups is 1. The van der Waals surface area contributed by atoms with Gasteiger partial charge in [-0.25, -0.2) is 0 Å². The topological polar surface area (TPSA) is 49.3 Å². The van der Waals surface area contributed by atoms with Crippen molar-refractivity contribution in [2.45, 2.75) is 37.7 Å². The van der Waals surface area contributed by atoms with E-state index in [2.05, 4.69) is 17.4 Å². The van der Waals surface area contributed by atoms with Crippen LogP contribution in [0.15, 0.2) is 24.3 Å². The van der Waals surface area contributed by atoms with E-state index in [9.17, 15) is 9.90 Å². The highest BCUT2D eigenvalue weighted by atomic mass is 16.3. The van der Waals surface area contributed by atoms with Crippen molar-refractivity contribution in [3.8, 4) is 0 Å². The molecule has 0 radical (unpaired) electrons. The summed E-state index contributed by atoms with van der Waals surface area (Å²) in [6.07, 6.45) is 4.46. The van der Waals surface area contributed by atoms with E-state index in [1.165, 1.54) is 11.1 Å². The van der Waals surface area contributed by atoms with Crippen molar-refractivity contribution >= 4 is 5.91 Å². The zero-order valence-corrected chi connectivity index (χ0v) is 10.5. The number of aliphatic hydroxyl groups is 1. The molecule has 1 saturated carbocycles. The van der Waals surface area contributed by atoms with Crippen LogP contribution >= 0.6 is 0 Å². The zero-order valence-electron chi connectivity index (χ0n) is 10.5. The Balaban J connectivity index is 1.59. The molecule has 96 valence electrons. The van der Waals surface area contributed by atoms with Crippen molar-refractivity contribution in [2.24, 2.45) is 5.92 Å². The predicted octanol–water partition coefficient (Wildman–Crippen LogP) is 1.43. The van der Waals surface area contributed by atoms with E-state index >= 15 is 0 Å². The van der Waals surface area contributed by atoms with Gasteiger partial charge in [0.05, 0.1) is 5.60 Å². The van der Waals surface area contributed by atoms with E-state index < -0.39 is 5.60 Å². The van der Waals surface area contributed by atoms with Crippen LogP contribution in [0.5, 0.6) is 0 Å². The molecule has 3 nitrogen and oxygen atoms in total. The first-order valence-corrected chi connectivity index (χ1v) is 6.73. The second kappa shape index (κ2) is 4.39. The fourth-order valence-electron chi connectivity index (χ4n) is 2.87. The Morgan fingerprint density at radius 1 is 1.28 bits per heavy atom. The summed E-state index contributed by atoms with van der Waals surface area (Å²) in [5.74, 6) is 0.308. The summed E-state index contributed by atoms with van der Waals surface area (Å²) >= 11 is 0. The molecule has 18 heavy (non-hydrogen) atoms. The molecule has 0 aliphatic heterocycles. The third-order valence-electron chi connectivity index (χ3n) is 4.23. The Hall–Kier alpha value is -1.35. The molecule has 1 aromatic rings. The van der Waals surface area contributed by atoms with Crippen molar-refractivity contribution in [1.82, 2.24) is 5.32 Å². The Bertz CT molecular complexity index is 440. The Kier molecular flexibility index (Phi) is 2.86. The van der Waals surface area contributed by atoms with Crippen LogP contribution in [0.4, 0.5) is 0 Å². The van der Waals surface area contributed by atoms with Gasteiger partial charge in [0.25, 0.3) is 0 Å². The summed E-state index contributed by atoms with van der Waals surface area (Å²) < 4.78 is 0. The van der Waals surface area contributed by atoms with E-state index in [0.29, 0.717) is 19.4 Å². The molecule has 3 rings (SSSR count). The summed E-state index contributed by atoms with van der Waals surface area (Å²) in [7, 11) is 0. The van der Waals surface area contributed by atoms with Crippen LogP contribution in [0, 0.1) is 5.92 Å². The maximum absolute atomic E-state index is 11.8. The Morgan fingerprint density at radius 3 is 2.39 bits per heavy atom. The van der Waals surface area contributed by atoms with Gasteiger partial charge in [-0.2, -0.15) is 0 Å². The first kappa shape index (κ1) is 11.7. The normalized spacial score (nSPS) is 21.2. The molecular formula is C15H19NO2. The molecule has 1 amide bonds. The van der Waals surface area contributed by atoms with Crippen LogP contribution in [-0.4, -0.2) is 23.2 Å². The summed E-state index contributed by atoms with van der Waals surface area (Å²) in [5.41, 5.74) is 1.62. The molecule has 0 unspecified atom stereocenters. The second-order valence-electron chi connectivity index (χ2n) is 5.69. The van der Waals surface area contributed by atoms with Gasteiger partial charge in [-0.15, -0.1) is 0 Å². The van der Waals surface area contributed by atoms with Crippen LogP contribution in [0.25, 0.3) is 0 Å². The standard InChI is InChI=1S/C15H19NO2/c17-14(11-6-3-7-11)16-10-15(18)8-12-4-1-2-5-13(12)9-15/h1-2,4-5,11,18H,3,6-10H2,(H,16,17). The summed E-state index contributed by atoms with van der Waals surface area (Å²) in [5, 5.41) is 13.4. The van der Waals surface area contributed by atoms with Crippen LogP contribution in [-0.2, 0) is 17.6 Å². The lowest BCUT2D eigenvalue weighted by molar-refractivity contribution is -0.128. The SMILES string of the molecule is O=C(NCC1(O)Cc2ccccc2C1)C1CCC1. The average Bonchev–Trinajstić information content (AvgIpc) is 2.61. The number of amides is 1. The van der Waals surface area contributed by atoms with Gasteiger partial charge >= 0.3 is 0 Å².